The lowest BCUT2D eigenvalue weighted by Crippen LogP contribution is -2.44. The predicted molar refractivity (Wildman–Crippen MR) is 82.2 cm³/mol. The lowest BCUT2D eigenvalue weighted by molar-refractivity contribution is -0.122. The van der Waals surface area contributed by atoms with Crippen LogP contribution in [0.3, 0.4) is 0 Å². The lowest BCUT2D eigenvalue weighted by Gasteiger charge is -2.24. The fourth-order valence-corrected chi connectivity index (χ4v) is 2.30. The number of carbonyl (C=O) groups is 1. The summed E-state index contributed by atoms with van der Waals surface area (Å²) in [6, 6.07) is 4.85. The standard InChI is InChI=1S/C15H21FN2O2.ClH/c1-10-7-12(3-4-14(10)16)11(2)18-15(19)8-13-9-20-6-5-17-13;/h3-4,7,11,13,17H,5-6,8-9H2,1-2H3,(H,18,19);1H. The van der Waals surface area contributed by atoms with Crippen LogP contribution in [-0.4, -0.2) is 31.7 Å². The molecule has 21 heavy (non-hydrogen) atoms. The number of benzene rings is 1. The minimum Gasteiger partial charge on any atom is -0.378 e. The molecule has 2 atom stereocenters. The van der Waals surface area contributed by atoms with Crippen LogP contribution in [0.1, 0.15) is 30.5 Å². The largest absolute Gasteiger partial charge is 0.378 e. The van der Waals surface area contributed by atoms with Gasteiger partial charge in [0.2, 0.25) is 5.91 Å². The molecule has 2 N–H and O–H groups in total. The minimum absolute atomic E-state index is 0. The maximum absolute atomic E-state index is 13.2. The van der Waals surface area contributed by atoms with Gasteiger partial charge in [0.1, 0.15) is 5.82 Å². The molecule has 0 radical (unpaired) electrons. The van der Waals surface area contributed by atoms with Crippen molar-refractivity contribution in [1.82, 2.24) is 10.6 Å². The third-order valence-electron chi connectivity index (χ3n) is 3.49. The smallest absolute Gasteiger partial charge is 0.222 e. The molecule has 0 aromatic heterocycles. The van der Waals surface area contributed by atoms with Gasteiger partial charge in [0.15, 0.2) is 0 Å². The fourth-order valence-electron chi connectivity index (χ4n) is 2.30. The molecule has 1 saturated heterocycles. The number of ether oxygens (including phenoxy) is 1. The number of rotatable bonds is 4. The van der Waals surface area contributed by atoms with E-state index in [0.29, 0.717) is 25.2 Å². The Kier molecular flexibility index (Phi) is 7.08. The summed E-state index contributed by atoms with van der Waals surface area (Å²) in [5.41, 5.74) is 1.50. The first-order valence-corrected chi connectivity index (χ1v) is 6.93. The number of amides is 1. The summed E-state index contributed by atoms with van der Waals surface area (Å²) in [4.78, 5) is 12.0. The van der Waals surface area contributed by atoms with Gasteiger partial charge in [0, 0.05) is 19.0 Å². The SMILES string of the molecule is Cc1cc(C(C)NC(=O)CC2COCCN2)ccc1F.Cl. The van der Waals surface area contributed by atoms with E-state index in [2.05, 4.69) is 10.6 Å². The second-order valence-corrected chi connectivity index (χ2v) is 5.23. The molecular weight excluding hydrogens is 295 g/mol. The Balaban J connectivity index is 0.00000220. The molecule has 1 fully saturated rings. The highest BCUT2D eigenvalue weighted by Gasteiger charge is 2.18. The number of morpholine rings is 1. The van der Waals surface area contributed by atoms with Gasteiger partial charge in [-0.1, -0.05) is 12.1 Å². The molecule has 1 aromatic carbocycles. The Morgan fingerprint density at radius 1 is 1.57 bits per heavy atom. The van der Waals surface area contributed by atoms with Crippen molar-refractivity contribution >= 4 is 18.3 Å². The van der Waals surface area contributed by atoms with E-state index in [0.717, 1.165) is 12.1 Å². The van der Waals surface area contributed by atoms with Crippen molar-refractivity contribution in [3.8, 4) is 0 Å². The first kappa shape index (κ1) is 17.9. The number of aryl methyl sites for hydroxylation is 1. The summed E-state index contributed by atoms with van der Waals surface area (Å²) in [5.74, 6) is -0.252. The molecule has 2 unspecified atom stereocenters. The van der Waals surface area contributed by atoms with Crippen LogP contribution in [0.2, 0.25) is 0 Å². The zero-order valence-electron chi connectivity index (χ0n) is 12.3. The van der Waals surface area contributed by atoms with Crippen molar-refractivity contribution in [2.45, 2.75) is 32.4 Å². The van der Waals surface area contributed by atoms with Crippen LogP contribution in [0.5, 0.6) is 0 Å². The Labute approximate surface area is 130 Å². The van der Waals surface area contributed by atoms with Crippen molar-refractivity contribution in [3.63, 3.8) is 0 Å². The second kappa shape index (κ2) is 8.32. The number of hydrogen-bond donors (Lipinski definition) is 2. The van der Waals surface area contributed by atoms with Gasteiger partial charge in [0.25, 0.3) is 0 Å². The average molecular weight is 317 g/mol. The molecule has 1 aromatic rings. The summed E-state index contributed by atoms with van der Waals surface area (Å²) in [6.45, 7) is 5.66. The van der Waals surface area contributed by atoms with Gasteiger partial charge in [-0.15, -0.1) is 12.4 Å². The van der Waals surface area contributed by atoms with Crippen molar-refractivity contribution < 1.29 is 13.9 Å². The first-order valence-electron chi connectivity index (χ1n) is 6.93. The fraction of sp³-hybridized carbons (Fsp3) is 0.533. The molecule has 4 nitrogen and oxygen atoms in total. The molecule has 0 spiro atoms. The maximum atomic E-state index is 13.2. The molecule has 1 aliphatic rings. The molecular formula is C15H22ClFN2O2. The van der Waals surface area contributed by atoms with Gasteiger partial charge in [-0.05, 0) is 31.0 Å². The van der Waals surface area contributed by atoms with E-state index in [1.54, 1.807) is 19.1 Å². The van der Waals surface area contributed by atoms with E-state index in [1.807, 2.05) is 6.92 Å². The van der Waals surface area contributed by atoms with Crippen LogP contribution in [0.15, 0.2) is 18.2 Å². The highest BCUT2D eigenvalue weighted by molar-refractivity contribution is 5.85. The van der Waals surface area contributed by atoms with E-state index in [1.165, 1.54) is 6.07 Å². The minimum atomic E-state index is -0.226. The Hall–Kier alpha value is -1.17. The van der Waals surface area contributed by atoms with Crippen molar-refractivity contribution in [2.24, 2.45) is 0 Å². The summed E-state index contributed by atoms with van der Waals surface area (Å²) in [5, 5.41) is 6.18. The van der Waals surface area contributed by atoms with Crippen molar-refractivity contribution in [1.29, 1.82) is 0 Å². The molecule has 1 amide bonds. The van der Waals surface area contributed by atoms with Gasteiger partial charge in [0.05, 0.1) is 19.3 Å². The van der Waals surface area contributed by atoms with Gasteiger partial charge in [-0.2, -0.15) is 0 Å². The third kappa shape index (κ3) is 5.26. The molecule has 0 bridgehead atoms. The zero-order chi connectivity index (χ0) is 14.5. The summed E-state index contributed by atoms with van der Waals surface area (Å²) in [6.07, 6.45) is 0.393. The Morgan fingerprint density at radius 3 is 2.95 bits per heavy atom. The van der Waals surface area contributed by atoms with Crippen LogP contribution in [0.4, 0.5) is 4.39 Å². The van der Waals surface area contributed by atoms with Gasteiger partial charge in [-0.3, -0.25) is 4.79 Å². The molecule has 0 aliphatic carbocycles. The quantitative estimate of drug-likeness (QED) is 0.894. The summed E-state index contributed by atoms with van der Waals surface area (Å²) in [7, 11) is 0. The molecule has 2 rings (SSSR count). The van der Waals surface area contributed by atoms with Crippen LogP contribution in [-0.2, 0) is 9.53 Å². The van der Waals surface area contributed by atoms with Crippen LogP contribution in [0, 0.1) is 12.7 Å². The van der Waals surface area contributed by atoms with Gasteiger partial charge >= 0.3 is 0 Å². The highest BCUT2D eigenvalue weighted by atomic mass is 35.5. The van der Waals surface area contributed by atoms with Gasteiger partial charge in [-0.25, -0.2) is 4.39 Å². The monoisotopic (exact) mass is 316 g/mol. The van der Waals surface area contributed by atoms with Crippen molar-refractivity contribution in [2.75, 3.05) is 19.8 Å². The summed E-state index contributed by atoms with van der Waals surface area (Å²) >= 11 is 0. The summed E-state index contributed by atoms with van der Waals surface area (Å²) < 4.78 is 18.5. The van der Waals surface area contributed by atoms with E-state index >= 15 is 0 Å². The highest BCUT2D eigenvalue weighted by Crippen LogP contribution is 2.16. The van der Waals surface area contributed by atoms with Crippen LogP contribution in [0.25, 0.3) is 0 Å². The number of hydrogen-bond acceptors (Lipinski definition) is 3. The zero-order valence-corrected chi connectivity index (χ0v) is 13.1. The number of nitrogens with one attached hydrogen (secondary N) is 2. The predicted octanol–water partition coefficient (Wildman–Crippen LogP) is 2.11. The molecule has 6 heteroatoms. The van der Waals surface area contributed by atoms with E-state index < -0.39 is 0 Å². The Morgan fingerprint density at radius 2 is 2.33 bits per heavy atom. The molecule has 0 saturated carbocycles. The van der Waals surface area contributed by atoms with E-state index in [4.69, 9.17) is 4.74 Å². The molecule has 1 heterocycles. The molecule has 1 aliphatic heterocycles. The second-order valence-electron chi connectivity index (χ2n) is 5.23. The lowest BCUT2D eigenvalue weighted by atomic mass is 10.0. The Bertz CT molecular complexity index is 479. The van der Waals surface area contributed by atoms with Gasteiger partial charge < -0.3 is 15.4 Å². The van der Waals surface area contributed by atoms with Crippen LogP contribution >= 0.6 is 12.4 Å². The van der Waals surface area contributed by atoms with E-state index in [9.17, 15) is 9.18 Å². The average Bonchev–Trinajstić information content (AvgIpc) is 2.42. The number of halogens is 2. The third-order valence-corrected chi connectivity index (χ3v) is 3.49. The molecule has 118 valence electrons. The van der Waals surface area contributed by atoms with E-state index in [-0.39, 0.29) is 36.2 Å². The van der Waals surface area contributed by atoms with Crippen molar-refractivity contribution in [3.05, 3.63) is 35.1 Å². The first-order chi connectivity index (χ1) is 9.56. The van der Waals surface area contributed by atoms with Crippen LogP contribution < -0.4 is 10.6 Å². The maximum Gasteiger partial charge on any atom is 0.222 e. The topological polar surface area (TPSA) is 50.4 Å². The normalized spacial score (nSPS) is 19.5. The number of carbonyl (C=O) groups excluding carboxylic acids is 1.